The second kappa shape index (κ2) is 6.51. The van der Waals surface area contributed by atoms with Gasteiger partial charge in [-0.1, -0.05) is 25.9 Å². The summed E-state index contributed by atoms with van der Waals surface area (Å²) in [5.41, 5.74) is 1.88. The molecule has 2 aromatic heterocycles. The Morgan fingerprint density at radius 3 is 2.85 bits per heavy atom. The summed E-state index contributed by atoms with van der Waals surface area (Å²) >= 11 is 0. The average Bonchev–Trinajstić information content (AvgIpc) is 2.96. The first-order valence-electron chi connectivity index (χ1n) is 6.91. The van der Waals surface area contributed by atoms with Crippen molar-refractivity contribution in [3.8, 4) is 0 Å². The van der Waals surface area contributed by atoms with E-state index in [-0.39, 0.29) is 0 Å². The fourth-order valence-electron chi connectivity index (χ4n) is 1.86. The van der Waals surface area contributed by atoms with Crippen LogP contribution in [0.2, 0.25) is 0 Å². The van der Waals surface area contributed by atoms with Crippen LogP contribution in [0.15, 0.2) is 10.6 Å². The lowest BCUT2D eigenvalue weighted by Crippen LogP contribution is -2.19. The van der Waals surface area contributed by atoms with E-state index in [0.717, 1.165) is 24.3 Å². The van der Waals surface area contributed by atoms with Crippen LogP contribution < -0.4 is 10.6 Å². The summed E-state index contributed by atoms with van der Waals surface area (Å²) in [5.74, 6) is 1.17. The van der Waals surface area contributed by atoms with E-state index in [0.29, 0.717) is 24.4 Å². The van der Waals surface area contributed by atoms with Crippen LogP contribution in [0.4, 0.5) is 11.7 Å². The van der Waals surface area contributed by atoms with Gasteiger partial charge in [0.2, 0.25) is 5.89 Å². The van der Waals surface area contributed by atoms with Crippen LogP contribution in [-0.2, 0) is 20.0 Å². The van der Waals surface area contributed by atoms with Gasteiger partial charge in [0, 0.05) is 13.2 Å². The monoisotopic (exact) mass is 278 g/mol. The molecule has 0 bridgehead atoms. The number of hydrogen-bond acceptors (Lipinski definition) is 6. The number of anilines is 2. The van der Waals surface area contributed by atoms with E-state index in [4.69, 9.17) is 4.42 Å². The molecule has 2 rings (SSSR count). The van der Waals surface area contributed by atoms with Crippen LogP contribution in [0.1, 0.15) is 32.4 Å². The molecule has 2 heterocycles. The highest BCUT2D eigenvalue weighted by Gasteiger charge is 2.10. The molecule has 7 nitrogen and oxygen atoms in total. The molecule has 2 aromatic rings. The average molecular weight is 278 g/mol. The third kappa shape index (κ3) is 3.80. The maximum absolute atomic E-state index is 5.55. The van der Waals surface area contributed by atoms with E-state index in [1.807, 2.05) is 13.2 Å². The topological polar surface area (TPSA) is 80.8 Å². The Hall–Kier alpha value is -1.89. The number of aromatic nitrogens is 4. The normalized spacial score (nSPS) is 11.2. The predicted octanol–water partition coefficient (Wildman–Crippen LogP) is 1.85. The first kappa shape index (κ1) is 14.5. The summed E-state index contributed by atoms with van der Waals surface area (Å²) in [4.78, 5) is 0. The van der Waals surface area contributed by atoms with Gasteiger partial charge in [-0.15, -0.1) is 5.10 Å². The lowest BCUT2D eigenvalue weighted by atomic mass is 10.2. The summed E-state index contributed by atoms with van der Waals surface area (Å²) in [7, 11) is 1.89. The van der Waals surface area contributed by atoms with Crippen LogP contribution in [-0.4, -0.2) is 26.5 Å². The molecular weight excluding hydrogens is 256 g/mol. The van der Waals surface area contributed by atoms with E-state index in [1.54, 1.807) is 4.68 Å². The van der Waals surface area contributed by atoms with Crippen molar-refractivity contribution in [2.45, 2.75) is 33.7 Å². The Labute approximate surface area is 118 Å². The molecule has 0 spiro atoms. The first-order valence-corrected chi connectivity index (χ1v) is 6.91. The van der Waals surface area contributed by atoms with Gasteiger partial charge in [0.25, 0.3) is 0 Å². The number of rotatable bonds is 7. The summed E-state index contributed by atoms with van der Waals surface area (Å²) in [5, 5.41) is 18.7. The van der Waals surface area contributed by atoms with Crippen molar-refractivity contribution in [1.82, 2.24) is 25.3 Å². The smallest absolute Gasteiger partial charge is 0.320 e. The fourth-order valence-corrected chi connectivity index (χ4v) is 1.86. The summed E-state index contributed by atoms with van der Waals surface area (Å²) < 4.78 is 7.31. The lowest BCUT2D eigenvalue weighted by Gasteiger charge is -2.03. The van der Waals surface area contributed by atoms with E-state index >= 15 is 0 Å². The number of hydrogen-bond donors (Lipinski definition) is 2. The number of nitrogens with one attached hydrogen (secondary N) is 2. The number of nitrogens with zero attached hydrogens (tertiary/aromatic N) is 4. The van der Waals surface area contributed by atoms with Crippen molar-refractivity contribution in [3.63, 3.8) is 0 Å². The van der Waals surface area contributed by atoms with Gasteiger partial charge in [-0.3, -0.25) is 4.68 Å². The standard InChI is InChI=1S/C13H22N6O/c1-5-10-11(8-19(4)18-10)15-13-17-16-12(20-13)7-14-6-9(2)3/h8-9,14H,5-7H2,1-4H3,(H,15,17). The van der Waals surface area contributed by atoms with Crippen molar-refractivity contribution in [1.29, 1.82) is 0 Å². The van der Waals surface area contributed by atoms with Gasteiger partial charge in [0.15, 0.2) is 0 Å². The van der Waals surface area contributed by atoms with Crippen LogP contribution in [0.25, 0.3) is 0 Å². The predicted molar refractivity (Wildman–Crippen MR) is 76.7 cm³/mol. The van der Waals surface area contributed by atoms with E-state index in [1.165, 1.54) is 0 Å². The van der Waals surface area contributed by atoms with E-state index < -0.39 is 0 Å². The number of aryl methyl sites for hydroxylation is 2. The first-order chi connectivity index (χ1) is 9.58. The maximum atomic E-state index is 5.55. The molecule has 0 aliphatic carbocycles. The van der Waals surface area contributed by atoms with Gasteiger partial charge in [-0.25, -0.2) is 0 Å². The third-order valence-corrected chi connectivity index (χ3v) is 2.78. The third-order valence-electron chi connectivity index (χ3n) is 2.78. The largest absolute Gasteiger partial charge is 0.406 e. The van der Waals surface area contributed by atoms with Crippen molar-refractivity contribution < 1.29 is 4.42 Å². The highest BCUT2D eigenvalue weighted by molar-refractivity contribution is 5.54. The molecule has 20 heavy (non-hydrogen) atoms. The maximum Gasteiger partial charge on any atom is 0.320 e. The molecule has 2 N–H and O–H groups in total. The minimum atomic E-state index is 0.397. The van der Waals surface area contributed by atoms with Crippen LogP contribution in [0.5, 0.6) is 0 Å². The zero-order valence-electron chi connectivity index (χ0n) is 12.5. The lowest BCUT2D eigenvalue weighted by molar-refractivity contribution is 0.460. The summed E-state index contributed by atoms with van der Waals surface area (Å²) in [6, 6.07) is 0.397. The minimum Gasteiger partial charge on any atom is -0.406 e. The van der Waals surface area contributed by atoms with Gasteiger partial charge < -0.3 is 15.1 Å². The van der Waals surface area contributed by atoms with Gasteiger partial charge in [0.05, 0.1) is 17.9 Å². The van der Waals surface area contributed by atoms with Gasteiger partial charge in [-0.2, -0.15) is 5.10 Å². The van der Waals surface area contributed by atoms with Gasteiger partial charge in [-0.05, 0) is 18.9 Å². The molecule has 0 aliphatic heterocycles. The van der Waals surface area contributed by atoms with E-state index in [9.17, 15) is 0 Å². The molecule has 0 saturated carbocycles. The molecule has 0 radical (unpaired) electrons. The van der Waals surface area contributed by atoms with Crippen molar-refractivity contribution in [2.75, 3.05) is 11.9 Å². The van der Waals surface area contributed by atoms with Crippen molar-refractivity contribution >= 4 is 11.7 Å². The second-order valence-corrected chi connectivity index (χ2v) is 5.17. The molecular formula is C13H22N6O. The molecule has 7 heteroatoms. The highest BCUT2D eigenvalue weighted by Crippen LogP contribution is 2.19. The Morgan fingerprint density at radius 1 is 1.35 bits per heavy atom. The molecule has 0 aliphatic rings. The zero-order chi connectivity index (χ0) is 14.5. The fraction of sp³-hybridized carbons (Fsp3) is 0.615. The van der Waals surface area contributed by atoms with Crippen molar-refractivity contribution in [3.05, 3.63) is 17.8 Å². The van der Waals surface area contributed by atoms with Crippen LogP contribution >= 0.6 is 0 Å². The minimum absolute atomic E-state index is 0.397. The molecule has 110 valence electrons. The van der Waals surface area contributed by atoms with E-state index in [2.05, 4.69) is 46.7 Å². The Kier molecular flexibility index (Phi) is 4.73. The Balaban J connectivity index is 1.95. The molecule has 0 aromatic carbocycles. The summed E-state index contributed by atoms with van der Waals surface area (Å²) in [6.45, 7) is 7.88. The van der Waals surface area contributed by atoms with Crippen LogP contribution in [0.3, 0.4) is 0 Å². The van der Waals surface area contributed by atoms with Crippen LogP contribution in [0, 0.1) is 5.92 Å². The SMILES string of the molecule is CCc1nn(C)cc1Nc1nnc(CNCC(C)C)o1. The molecule has 0 amide bonds. The highest BCUT2D eigenvalue weighted by atomic mass is 16.4. The molecule has 0 unspecified atom stereocenters. The quantitative estimate of drug-likeness (QED) is 0.804. The molecule has 0 saturated heterocycles. The summed E-state index contributed by atoms with van der Waals surface area (Å²) in [6.07, 6.45) is 2.75. The zero-order valence-corrected chi connectivity index (χ0v) is 12.5. The Bertz CT molecular complexity index is 545. The van der Waals surface area contributed by atoms with Gasteiger partial charge in [0.1, 0.15) is 0 Å². The Morgan fingerprint density at radius 2 is 2.15 bits per heavy atom. The van der Waals surface area contributed by atoms with Crippen molar-refractivity contribution in [2.24, 2.45) is 13.0 Å². The second-order valence-electron chi connectivity index (χ2n) is 5.17. The molecule has 0 atom stereocenters. The van der Waals surface area contributed by atoms with Gasteiger partial charge >= 0.3 is 6.01 Å². The molecule has 0 fully saturated rings.